The standard InChI is InChI=1S/C25H30N2O5/c1-3-16(13-23(28)26-17(4-2)14-24(29)30)27-25(31)32-15-22-20-11-7-5-9-18(20)19-10-6-8-12-21(19)22/h5-12,16-17,22H,3-4,13-15H2,1-2H3,(H,26,28)(H,27,31)(H,29,30)/t16-,17+/m0/s1. The van der Waals surface area contributed by atoms with Crippen LogP contribution in [0, 0.1) is 0 Å². The molecule has 32 heavy (non-hydrogen) atoms. The minimum absolute atomic E-state index is 0.0298. The van der Waals surface area contributed by atoms with Crippen molar-refractivity contribution < 1.29 is 24.2 Å². The van der Waals surface area contributed by atoms with Gasteiger partial charge in [-0.2, -0.15) is 0 Å². The van der Waals surface area contributed by atoms with Crippen LogP contribution in [-0.4, -0.2) is 41.8 Å². The number of carboxylic acid groups (broad SMARTS) is 1. The predicted octanol–water partition coefficient (Wildman–Crippen LogP) is 4.06. The molecule has 2 aromatic rings. The first kappa shape index (κ1) is 23.3. The number of nitrogens with one attached hydrogen (secondary N) is 2. The molecule has 2 atom stereocenters. The number of ether oxygens (including phenoxy) is 1. The lowest BCUT2D eigenvalue weighted by atomic mass is 9.98. The molecule has 3 N–H and O–H groups in total. The normalized spacial score (nSPS) is 14.1. The number of fused-ring (bicyclic) bond motifs is 3. The Morgan fingerprint density at radius 3 is 1.94 bits per heavy atom. The Bertz CT molecular complexity index is 929. The fraction of sp³-hybridized carbons (Fsp3) is 0.400. The van der Waals surface area contributed by atoms with Crippen LogP contribution in [0.5, 0.6) is 0 Å². The zero-order valence-electron chi connectivity index (χ0n) is 18.5. The number of alkyl carbamates (subject to hydrolysis) is 1. The molecular formula is C25H30N2O5. The van der Waals surface area contributed by atoms with Gasteiger partial charge in [0.05, 0.1) is 6.42 Å². The largest absolute Gasteiger partial charge is 0.481 e. The van der Waals surface area contributed by atoms with Gasteiger partial charge in [0.15, 0.2) is 0 Å². The maximum atomic E-state index is 12.5. The highest BCUT2D eigenvalue weighted by atomic mass is 16.5. The summed E-state index contributed by atoms with van der Waals surface area (Å²) in [4.78, 5) is 35.6. The third kappa shape index (κ3) is 5.66. The lowest BCUT2D eigenvalue weighted by Crippen LogP contribution is -2.42. The molecule has 0 aliphatic heterocycles. The van der Waals surface area contributed by atoms with Gasteiger partial charge in [-0.05, 0) is 35.1 Å². The van der Waals surface area contributed by atoms with Crippen molar-refractivity contribution in [1.82, 2.24) is 10.6 Å². The fourth-order valence-electron chi connectivity index (χ4n) is 4.12. The topological polar surface area (TPSA) is 105 Å². The van der Waals surface area contributed by atoms with Crippen molar-refractivity contribution in [3.63, 3.8) is 0 Å². The van der Waals surface area contributed by atoms with Gasteiger partial charge in [0.25, 0.3) is 0 Å². The van der Waals surface area contributed by atoms with Gasteiger partial charge in [-0.25, -0.2) is 4.79 Å². The third-order valence-corrected chi connectivity index (χ3v) is 5.87. The van der Waals surface area contributed by atoms with E-state index in [1.54, 1.807) is 0 Å². The Morgan fingerprint density at radius 1 is 0.875 bits per heavy atom. The van der Waals surface area contributed by atoms with E-state index in [-0.39, 0.29) is 31.3 Å². The van der Waals surface area contributed by atoms with E-state index in [0.29, 0.717) is 12.8 Å². The summed E-state index contributed by atoms with van der Waals surface area (Å²) in [6, 6.07) is 15.4. The average Bonchev–Trinajstić information content (AvgIpc) is 3.10. The molecule has 0 spiro atoms. The van der Waals surface area contributed by atoms with Crippen LogP contribution in [0.3, 0.4) is 0 Å². The maximum Gasteiger partial charge on any atom is 0.407 e. The second-order valence-electron chi connectivity index (χ2n) is 8.05. The van der Waals surface area contributed by atoms with Gasteiger partial charge in [0, 0.05) is 24.4 Å². The van der Waals surface area contributed by atoms with E-state index in [2.05, 4.69) is 34.9 Å². The number of carbonyl (C=O) groups is 3. The molecule has 1 aliphatic carbocycles. The minimum atomic E-state index is -0.957. The first-order valence-electron chi connectivity index (χ1n) is 11.1. The van der Waals surface area contributed by atoms with E-state index in [0.717, 1.165) is 22.3 Å². The van der Waals surface area contributed by atoms with Crippen LogP contribution in [0.2, 0.25) is 0 Å². The molecule has 3 rings (SSSR count). The lowest BCUT2D eigenvalue weighted by molar-refractivity contribution is -0.137. The molecule has 2 aromatic carbocycles. The number of aliphatic carboxylic acids is 1. The van der Waals surface area contributed by atoms with E-state index >= 15 is 0 Å². The van der Waals surface area contributed by atoms with E-state index in [1.807, 2.05) is 38.1 Å². The van der Waals surface area contributed by atoms with E-state index < -0.39 is 24.1 Å². The summed E-state index contributed by atoms with van der Waals surface area (Å²) < 4.78 is 5.55. The number of amides is 2. The van der Waals surface area contributed by atoms with Crippen molar-refractivity contribution in [3.8, 4) is 11.1 Å². The Morgan fingerprint density at radius 2 is 1.41 bits per heavy atom. The highest BCUT2D eigenvalue weighted by Crippen LogP contribution is 2.44. The number of hydrogen-bond acceptors (Lipinski definition) is 4. The van der Waals surface area contributed by atoms with Crippen LogP contribution in [-0.2, 0) is 14.3 Å². The Labute approximate surface area is 188 Å². The van der Waals surface area contributed by atoms with Crippen molar-refractivity contribution in [2.24, 2.45) is 0 Å². The van der Waals surface area contributed by atoms with Crippen molar-refractivity contribution in [3.05, 3.63) is 59.7 Å². The zero-order valence-corrected chi connectivity index (χ0v) is 18.5. The highest BCUT2D eigenvalue weighted by molar-refractivity contribution is 5.80. The molecule has 7 heteroatoms. The number of rotatable bonds is 10. The monoisotopic (exact) mass is 438 g/mol. The molecule has 2 amide bonds. The Balaban J connectivity index is 1.55. The molecule has 0 unspecified atom stereocenters. The Hall–Kier alpha value is -3.35. The SMILES string of the molecule is CC[C@H](CC(=O)O)NC(=O)C[C@H](CC)NC(=O)OCC1c2ccccc2-c2ccccc21. The molecule has 0 saturated carbocycles. The quantitative estimate of drug-likeness (QED) is 0.519. The molecule has 1 aliphatic rings. The van der Waals surface area contributed by atoms with Gasteiger partial charge in [0.2, 0.25) is 5.91 Å². The van der Waals surface area contributed by atoms with Crippen LogP contribution >= 0.6 is 0 Å². The van der Waals surface area contributed by atoms with Gasteiger partial charge < -0.3 is 20.5 Å². The first-order chi connectivity index (χ1) is 15.4. The van der Waals surface area contributed by atoms with E-state index in [9.17, 15) is 14.4 Å². The summed E-state index contributed by atoms with van der Waals surface area (Å²) in [5, 5.41) is 14.4. The molecule has 0 aromatic heterocycles. The molecule has 170 valence electrons. The van der Waals surface area contributed by atoms with Crippen LogP contribution in [0.25, 0.3) is 11.1 Å². The number of hydrogen-bond donors (Lipinski definition) is 3. The van der Waals surface area contributed by atoms with Crippen LogP contribution in [0.15, 0.2) is 48.5 Å². The summed E-state index contributed by atoms with van der Waals surface area (Å²) in [6.07, 6.45) is 0.446. The minimum Gasteiger partial charge on any atom is -0.481 e. The summed E-state index contributed by atoms with van der Waals surface area (Å²) in [6.45, 7) is 3.90. The van der Waals surface area contributed by atoms with Gasteiger partial charge in [0.1, 0.15) is 6.61 Å². The molecule has 0 bridgehead atoms. The molecule has 0 fully saturated rings. The van der Waals surface area contributed by atoms with Crippen LogP contribution in [0.1, 0.15) is 56.6 Å². The number of carbonyl (C=O) groups excluding carboxylic acids is 2. The molecule has 0 radical (unpaired) electrons. The number of carboxylic acids is 1. The molecule has 7 nitrogen and oxygen atoms in total. The summed E-state index contributed by atoms with van der Waals surface area (Å²) in [7, 11) is 0. The maximum absolute atomic E-state index is 12.5. The summed E-state index contributed by atoms with van der Waals surface area (Å²) in [5.74, 6) is -1.28. The van der Waals surface area contributed by atoms with Gasteiger partial charge in [-0.15, -0.1) is 0 Å². The van der Waals surface area contributed by atoms with Crippen molar-refractivity contribution >= 4 is 18.0 Å². The second kappa shape index (κ2) is 10.8. The second-order valence-corrected chi connectivity index (χ2v) is 8.05. The third-order valence-electron chi connectivity index (χ3n) is 5.87. The fourth-order valence-corrected chi connectivity index (χ4v) is 4.12. The summed E-state index contributed by atoms with van der Waals surface area (Å²) >= 11 is 0. The smallest absolute Gasteiger partial charge is 0.407 e. The lowest BCUT2D eigenvalue weighted by Gasteiger charge is -2.20. The van der Waals surface area contributed by atoms with E-state index in [1.165, 1.54) is 0 Å². The molecular weight excluding hydrogens is 408 g/mol. The highest BCUT2D eigenvalue weighted by Gasteiger charge is 2.29. The van der Waals surface area contributed by atoms with Crippen molar-refractivity contribution in [1.29, 1.82) is 0 Å². The van der Waals surface area contributed by atoms with Gasteiger partial charge >= 0.3 is 12.1 Å². The predicted molar refractivity (Wildman–Crippen MR) is 121 cm³/mol. The van der Waals surface area contributed by atoms with Crippen molar-refractivity contribution in [2.75, 3.05) is 6.61 Å². The summed E-state index contributed by atoms with van der Waals surface area (Å²) in [5.41, 5.74) is 4.59. The van der Waals surface area contributed by atoms with Crippen molar-refractivity contribution in [2.45, 2.75) is 57.5 Å². The van der Waals surface area contributed by atoms with Crippen LogP contribution in [0.4, 0.5) is 4.79 Å². The van der Waals surface area contributed by atoms with Crippen LogP contribution < -0.4 is 10.6 Å². The first-order valence-corrected chi connectivity index (χ1v) is 11.1. The van der Waals surface area contributed by atoms with Gasteiger partial charge in [-0.1, -0.05) is 62.4 Å². The average molecular weight is 439 g/mol. The van der Waals surface area contributed by atoms with Gasteiger partial charge in [-0.3, -0.25) is 9.59 Å². The molecule has 0 heterocycles. The Kier molecular flexibility index (Phi) is 7.87. The zero-order chi connectivity index (χ0) is 23.1. The molecule has 0 saturated heterocycles. The number of benzene rings is 2. The van der Waals surface area contributed by atoms with E-state index in [4.69, 9.17) is 9.84 Å².